The van der Waals surface area contributed by atoms with Crippen LogP contribution in [0.5, 0.6) is 0 Å². The van der Waals surface area contributed by atoms with Crippen molar-refractivity contribution in [1.29, 1.82) is 0 Å². The molecule has 2 amide bonds. The summed E-state index contributed by atoms with van der Waals surface area (Å²) in [5.41, 5.74) is 0.286. The van der Waals surface area contributed by atoms with Gasteiger partial charge >= 0.3 is 0 Å². The van der Waals surface area contributed by atoms with E-state index in [1.54, 1.807) is 24.4 Å². The van der Waals surface area contributed by atoms with E-state index in [2.05, 4.69) is 34.4 Å². The van der Waals surface area contributed by atoms with Crippen LogP contribution < -0.4 is 10.6 Å². The number of aliphatic hydroxyl groups is 1. The molecule has 0 aromatic carbocycles. The highest BCUT2D eigenvalue weighted by molar-refractivity contribution is 5.96. The van der Waals surface area contributed by atoms with Crippen LogP contribution in [-0.4, -0.2) is 64.6 Å². The number of likely N-dealkylation sites (tertiary alicyclic amines) is 1. The van der Waals surface area contributed by atoms with Crippen molar-refractivity contribution < 1.29 is 14.7 Å². The van der Waals surface area contributed by atoms with Crippen LogP contribution in [0.15, 0.2) is 24.4 Å². The van der Waals surface area contributed by atoms with Gasteiger partial charge in [-0.15, -0.1) is 0 Å². The molecule has 7 nitrogen and oxygen atoms in total. The zero-order valence-corrected chi connectivity index (χ0v) is 18.8. The Morgan fingerprint density at radius 1 is 1.23 bits per heavy atom. The van der Waals surface area contributed by atoms with Crippen molar-refractivity contribution in [2.75, 3.05) is 19.6 Å². The fourth-order valence-corrected chi connectivity index (χ4v) is 3.81. The molecule has 1 aromatic heterocycles. The quantitative estimate of drug-likeness (QED) is 0.542. The number of nitrogens with zero attached hydrogens (tertiary/aromatic N) is 2. The van der Waals surface area contributed by atoms with Gasteiger partial charge in [0.05, 0.1) is 12.1 Å². The first kappa shape index (κ1) is 24.3. The summed E-state index contributed by atoms with van der Waals surface area (Å²) in [6.07, 6.45) is 4.48. The molecule has 1 aliphatic heterocycles. The van der Waals surface area contributed by atoms with Crippen molar-refractivity contribution in [2.24, 2.45) is 11.8 Å². The highest BCUT2D eigenvalue weighted by atomic mass is 16.3. The van der Waals surface area contributed by atoms with Crippen molar-refractivity contribution in [2.45, 2.75) is 71.6 Å². The lowest BCUT2D eigenvalue weighted by Crippen LogP contribution is -2.57. The molecule has 2 rings (SSSR count). The third kappa shape index (κ3) is 8.03. The summed E-state index contributed by atoms with van der Waals surface area (Å²) < 4.78 is 0. The Kier molecular flexibility index (Phi) is 9.72. The second kappa shape index (κ2) is 12.0. The Morgan fingerprint density at radius 3 is 2.60 bits per heavy atom. The molecule has 30 heavy (non-hydrogen) atoms. The lowest BCUT2D eigenvalue weighted by molar-refractivity contribution is -0.125. The van der Waals surface area contributed by atoms with Gasteiger partial charge in [0.2, 0.25) is 5.91 Å². The second-order valence-electron chi connectivity index (χ2n) is 9.18. The van der Waals surface area contributed by atoms with Gasteiger partial charge in [0.15, 0.2) is 0 Å². The molecule has 1 fully saturated rings. The highest BCUT2D eigenvalue weighted by Crippen LogP contribution is 2.15. The van der Waals surface area contributed by atoms with Gasteiger partial charge in [-0.3, -0.25) is 14.6 Å². The number of aliphatic hydroxyl groups excluding tert-OH is 1. The van der Waals surface area contributed by atoms with Gasteiger partial charge < -0.3 is 20.6 Å². The van der Waals surface area contributed by atoms with Crippen molar-refractivity contribution in [3.63, 3.8) is 0 Å². The number of piperidine rings is 1. The molecule has 0 bridgehead atoms. The van der Waals surface area contributed by atoms with Crippen molar-refractivity contribution in [3.05, 3.63) is 30.1 Å². The molecule has 168 valence electrons. The standard InChI is InChI=1S/C23H38N4O3/c1-16(2)8-7-12-27-13-10-18(21(28)15-27)25-23(30)20(14-17(3)4)26-22(29)19-9-5-6-11-24-19/h5-6,9,11,16-18,20-21,28H,7-8,10,12-15H2,1-4H3,(H,25,30)(H,26,29)/t18?,20-,21?/m0/s1. The van der Waals surface area contributed by atoms with E-state index in [0.717, 1.165) is 19.5 Å². The van der Waals surface area contributed by atoms with Gasteiger partial charge in [-0.1, -0.05) is 33.8 Å². The van der Waals surface area contributed by atoms with E-state index in [-0.39, 0.29) is 29.5 Å². The number of hydrogen-bond donors (Lipinski definition) is 3. The van der Waals surface area contributed by atoms with Gasteiger partial charge in [-0.25, -0.2) is 0 Å². The van der Waals surface area contributed by atoms with Crippen LogP contribution in [0.1, 0.15) is 63.9 Å². The molecule has 3 N–H and O–H groups in total. The lowest BCUT2D eigenvalue weighted by atomic mass is 9.98. The molecule has 1 aromatic rings. The number of aromatic nitrogens is 1. The predicted molar refractivity (Wildman–Crippen MR) is 118 cm³/mol. The number of carbonyl (C=O) groups excluding carboxylic acids is 2. The first-order valence-corrected chi connectivity index (χ1v) is 11.2. The van der Waals surface area contributed by atoms with Crippen LogP contribution in [0, 0.1) is 11.8 Å². The normalized spacial score (nSPS) is 20.9. The van der Waals surface area contributed by atoms with E-state index in [4.69, 9.17) is 0 Å². The van der Waals surface area contributed by atoms with Crippen molar-refractivity contribution in [3.8, 4) is 0 Å². The summed E-state index contributed by atoms with van der Waals surface area (Å²) in [5, 5.41) is 16.4. The number of amides is 2. The first-order chi connectivity index (χ1) is 14.3. The Morgan fingerprint density at radius 2 is 2.00 bits per heavy atom. The molecule has 1 saturated heterocycles. The Bertz CT molecular complexity index is 666. The Labute approximate surface area is 180 Å². The van der Waals surface area contributed by atoms with E-state index in [1.807, 2.05) is 13.8 Å². The van der Waals surface area contributed by atoms with E-state index >= 15 is 0 Å². The molecule has 0 radical (unpaired) electrons. The number of rotatable bonds is 10. The van der Waals surface area contributed by atoms with Crippen molar-refractivity contribution >= 4 is 11.8 Å². The predicted octanol–water partition coefficient (Wildman–Crippen LogP) is 2.21. The maximum atomic E-state index is 12.9. The van der Waals surface area contributed by atoms with E-state index in [1.165, 1.54) is 6.42 Å². The van der Waals surface area contributed by atoms with Crippen LogP contribution in [0.25, 0.3) is 0 Å². The summed E-state index contributed by atoms with van der Waals surface area (Å²) >= 11 is 0. The maximum absolute atomic E-state index is 12.9. The summed E-state index contributed by atoms with van der Waals surface area (Å²) in [4.78, 5) is 31.7. The smallest absolute Gasteiger partial charge is 0.270 e. The molecule has 2 unspecified atom stereocenters. The molecule has 2 heterocycles. The third-order valence-electron chi connectivity index (χ3n) is 5.48. The molecule has 3 atom stereocenters. The maximum Gasteiger partial charge on any atom is 0.270 e. The number of carbonyl (C=O) groups is 2. The Balaban J connectivity index is 1.89. The zero-order valence-electron chi connectivity index (χ0n) is 18.8. The van der Waals surface area contributed by atoms with Crippen LogP contribution in [-0.2, 0) is 4.79 Å². The highest BCUT2D eigenvalue weighted by Gasteiger charge is 2.31. The largest absolute Gasteiger partial charge is 0.390 e. The topological polar surface area (TPSA) is 94.6 Å². The van der Waals surface area contributed by atoms with E-state index in [0.29, 0.717) is 25.3 Å². The first-order valence-electron chi connectivity index (χ1n) is 11.2. The minimum Gasteiger partial charge on any atom is -0.390 e. The van der Waals surface area contributed by atoms with E-state index < -0.39 is 12.1 Å². The van der Waals surface area contributed by atoms with E-state index in [9.17, 15) is 14.7 Å². The average molecular weight is 419 g/mol. The van der Waals surface area contributed by atoms with Crippen LogP contribution in [0.3, 0.4) is 0 Å². The number of nitrogens with one attached hydrogen (secondary N) is 2. The lowest BCUT2D eigenvalue weighted by Gasteiger charge is -2.37. The van der Waals surface area contributed by atoms with Crippen LogP contribution in [0.4, 0.5) is 0 Å². The fraction of sp³-hybridized carbons (Fsp3) is 0.696. The third-order valence-corrected chi connectivity index (χ3v) is 5.48. The van der Waals surface area contributed by atoms with Crippen molar-refractivity contribution in [1.82, 2.24) is 20.5 Å². The van der Waals surface area contributed by atoms with Crippen LogP contribution in [0.2, 0.25) is 0 Å². The summed E-state index contributed by atoms with van der Waals surface area (Å²) in [5.74, 6) is 0.311. The molecule has 7 heteroatoms. The monoisotopic (exact) mass is 418 g/mol. The minimum absolute atomic E-state index is 0.234. The molecule has 0 aliphatic carbocycles. The number of hydrogen-bond acceptors (Lipinski definition) is 5. The van der Waals surface area contributed by atoms with Gasteiger partial charge in [0.25, 0.3) is 5.91 Å². The van der Waals surface area contributed by atoms with Gasteiger partial charge in [-0.2, -0.15) is 0 Å². The molecule has 1 aliphatic rings. The molecule has 0 spiro atoms. The molecule has 0 saturated carbocycles. The van der Waals surface area contributed by atoms with Gasteiger partial charge in [0, 0.05) is 19.3 Å². The summed E-state index contributed by atoms with van der Waals surface area (Å²) in [6.45, 7) is 10.9. The summed E-state index contributed by atoms with van der Waals surface area (Å²) in [6, 6.07) is 4.16. The zero-order chi connectivity index (χ0) is 22.1. The SMILES string of the molecule is CC(C)CCCN1CCC(NC(=O)[C@H](CC(C)C)NC(=O)c2ccccn2)C(O)C1. The van der Waals surface area contributed by atoms with Crippen LogP contribution >= 0.6 is 0 Å². The Hall–Kier alpha value is -1.99. The molecular weight excluding hydrogens is 380 g/mol. The van der Waals surface area contributed by atoms with Gasteiger partial charge in [-0.05, 0) is 56.2 Å². The molecular formula is C23H38N4O3. The minimum atomic E-state index is -0.657. The fourth-order valence-electron chi connectivity index (χ4n) is 3.81. The summed E-state index contributed by atoms with van der Waals surface area (Å²) in [7, 11) is 0. The number of pyridine rings is 1. The second-order valence-corrected chi connectivity index (χ2v) is 9.18. The van der Waals surface area contributed by atoms with Gasteiger partial charge in [0.1, 0.15) is 11.7 Å². The number of β-amino-alcohol motifs (C(OH)–C–C–N with tert-alkyl or cyclic N) is 1. The average Bonchev–Trinajstić information content (AvgIpc) is 2.69.